The average molecular weight is 302 g/mol. The van der Waals surface area contributed by atoms with Crippen molar-refractivity contribution in [3.63, 3.8) is 0 Å². The first-order valence-corrected chi connectivity index (χ1v) is 7.74. The number of rotatable bonds is 5. The van der Waals surface area contributed by atoms with Crippen LogP contribution in [0.2, 0.25) is 10.0 Å². The van der Waals surface area contributed by atoms with Crippen LogP contribution >= 0.6 is 23.2 Å². The van der Waals surface area contributed by atoms with Crippen molar-refractivity contribution in [3.05, 3.63) is 33.8 Å². The summed E-state index contributed by atoms with van der Waals surface area (Å²) >= 11 is 12.1. The van der Waals surface area contributed by atoms with E-state index in [1.165, 1.54) is 12.8 Å². The van der Waals surface area contributed by atoms with Crippen LogP contribution < -0.4 is 5.32 Å². The molecule has 1 aromatic rings. The molecule has 19 heavy (non-hydrogen) atoms. The second-order valence-corrected chi connectivity index (χ2v) is 5.84. The number of hydrogen-bond donors (Lipinski definition) is 1. The Kier molecular flexibility index (Phi) is 5.96. The highest BCUT2D eigenvalue weighted by Gasteiger charge is 2.21. The zero-order valence-electron chi connectivity index (χ0n) is 11.3. The second-order valence-electron chi connectivity index (χ2n) is 5.06. The molecule has 1 aliphatic carbocycles. The van der Waals surface area contributed by atoms with E-state index in [1.807, 2.05) is 12.1 Å². The lowest BCUT2D eigenvalue weighted by Gasteiger charge is -2.29. The van der Waals surface area contributed by atoms with Crippen LogP contribution in [-0.2, 0) is 11.3 Å². The summed E-state index contributed by atoms with van der Waals surface area (Å²) in [7, 11) is 0. The van der Waals surface area contributed by atoms with Gasteiger partial charge < -0.3 is 10.1 Å². The summed E-state index contributed by atoms with van der Waals surface area (Å²) in [5.74, 6) is 0. The molecule has 0 amide bonds. The van der Waals surface area contributed by atoms with Crippen molar-refractivity contribution in [1.29, 1.82) is 0 Å². The van der Waals surface area contributed by atoms with E-state index in [0.717, 1.165) is 24.9 Å². The maximum atomic E-state index is 6.15. The van der Waals surface area contributed by atoms with Gasteiger partial charge in [0.15, 0.2) is 0 Å². The van der Waals surface area contributed by atoms with Crippen molar-refractivity contribution in [2.45, 2.75) is 51.4 Å². The van der Waals surface area contributed by atoms with Gasteiger partial charge in [-0.25, -0.2) is 0 Å². The zero-order valence-corrected chi connectivity index (χ0v) is 12.8. The molecule has 2 nitrogen and oxygen atoms in total. The van der Waals surface area contributed by atoms with Crippen molar-refractivity contribution >= 4 is 23.2 Å². The number of halogens is 2. The fraction of sp³-hybridized carbons (Fsp3) is 0.600. The molecule has 0 unspecified atom stereocenters. The Morgan fingerprint density at radius 3 is 2.63 bits per heavy atom. The van der Waals surface area contributed by atoms with Gasteiger partial charge in [0, 0.05) is 6.04 Å². The predicted octanol–water partition coefficient (Wildman–Crippen LogP) is 4.43. The zero-order chi connectivity index (χ0) is 13.7. The van der Waals surface area contributed by atoms with Gasteiger partial charge in [-0.1, -0.05) is 42.3 Å². The first kappa shape index (κ1) is 15.1. The van der Waals surface area contributed by atoms with Gasteiger partial charge in [-0.05, 0) is 43.9 Å². The summed E-state index contributed by atoms with van der Waals surface area (Å²) in [5.41, 5.74) is 0.975. The Labute approximate surface area is 125 Å². The molecule has 1 aromatic carbocycles. The molecular weight excluding hydrogens is 281 g/mol. The highest BCUT2D eigenvalue weighted by atomic mass is 35.5. The Morgan fingerprint density at radius 2 is 1.95 bits per heavy atom. The fourth-order valence-corrected chi connectivity index (χ4v) is 2.96. The molecule has 0 bridgehead atoms. The third kappa shape index (κ3) is 4.35. The first-order valence-electron chi connectivity index (χ1n) is 6.98. The third-order valence-electron chi connectivity index (χ3n) is 3.67. The van der Waals surface area contributed by atoms with Gasteiger partial charge in [0.1, 0.15) is 0 Å². The van der Waals surface area contributed by atoms with Gasteiger partial charge >= 0.3 is 0 Å². The molecular formula is C15H21Cl2NO. The Bertz CT molecular complexity index is 403. The summed E-state index contributed by atoms with van der Waals surface area (Å²) in [6.45, 7) is 3.76. The van der Waals surface area contributed by atoms with Crippen molar-refractivity contribution in [2.24, 2.45) is 0 Å². The van der Waals surface area contributed by atoms with Gasteiger partial charge in [0.2, 0.25) is 0 Å². The quantitative estimate of drug-likeness (QED) is 0.868. The van der Waals surface area contributed by atoms with Crippen molar-refractivity contribution in [2.75, 3.05) is 6.54 Å². The van der Waals surface area contributed by atoms with Gasteiger partial charge in [0.05, 0.1) is 22.8 Å². The Balaban J connectivity index is 1.79. The SMILES string of the molecule is CCNC1CCC(OCc2cccc(Cl)c2Cl)CC1. The van der Waals surface area contributed by atoms with Crippen LogP contribution in [0, 0.1) is 0 Å². The highest BCUT2D eigenvalue weighted by molar-refractivity contribution is 6.42. The minimum absolute atomic E-state index is 0.352. The molecule has 1 N–H and O–H groups in total. The molecule has 0 aromatic heterocycles. The summed E-state index contributed by atoms with van der Waals surface area (Å²) in [6.07, 6.45) is 4.99. The minimum atomic E-state index is 0.352. The molecule has 1 saturated carbocycles. The standard InChI is InChI=1S/C15H21Cl2NO/c1-2-18-12-6-8-13(9-7-12)19-10-11-4-3-5-14(16)15(11)17/h3-5,12-13,18H,2,6-10H2,1H3. The molecule has 0 atom stereocenters. The van der Waals surface area contributed by atoms with Gasteiger partial charge in [-0.2, -0.15) is 0 Å². The summed E-state index contributed by atoms with van der Waals surface area (Å²) < 4.78 is 5.96. The third-order valence-corrected chi connectivity index (χ3v) is 4.53. The fourth-order valence-electron chi connectivity index (χ4n) is 2.59. The van der Waals surface area contributed by atoms with Crippen molar-refractivity contribution < 1.29 is 4.74 Å². The smallest absolute Gasteiger partial charge is 0.0735 e. The van der Waals surface area contributed by atoms with Crippen molar-refractivity contribution in [1.82, 2.24) is 5.32 Å². The van der Waals surface area contributed by atoms with Gasteiger partial charge in [0.25, 0.3) is 0 Å². The number of benzene rings is 1. The van der Waals surface area contributed by atoms with E-state index in [9.17, 15) is 0 Å². The van der Waals surface area contributed by atoms with E-state index in [-0.39, 0.29) is 0 Å². The average Bonchev–Trinajstić information content (AvgIpc) is 2.42. The molecule has 1 aliphatic rings. The maximum Gasteiger partial charge on any atom is 0.0735 e. The largest absolute Gasteiger partial charge is 0.373 e. The van der Waals surface area contributed by atoms with Crippen LogP contribution in [-0.4, -0.2) is 18.7 Å². The molecule has 0 radical (unpaired) electrons. The number of ether oxygens (including phenoxy) is 1. The Hall–Kier alpha value is -0.280. The first-order chi connectivity index (χ1) is 9.20. The predicted molar refractivity (Wildman–Crippen MR) is 81.0 cm³/mol. The van der Waals surface area contributed by atoms with Crippen LogP contribution in [0.5, 0.6) is 0 Å². The lowest BCUT2D eigenvalue weighted by molar-refractivity contribution is 0.0115. The molecule has 0 aliphatic heterocycles. The molecule has 2 rings (SSSR count). The van der Waals surface area contributed by atoms with E-state index in [0.29, 0.717) is 28.8 Å². The Morgan fingerprint density at radius 1 is 1.21 bits per heavy atom. The van der Waals surface area contributed by atoms with Crippen LogP contribution in [0.3, 0.4) is 0 Å². The lowest BCUT2D eigenvalue weighted by atomic mass is 9.93. The second kappa shape index (κ2) is 7.49. The molecule has 106 valence electrons. The van der Waals surface area contributed by atoms with E-state index >= 15 is 0 Å². The van der Waals surface area contributed by atoms with E-state index in [2.05, 4.69) is 12.2 Å². The van der Waals surface area contributed by atoms with Crippen LogP contribution in [0.1, 0.15) is 38.2 Å². The topological polar surface area (TPSA) is 21.3 Å². The molecule has 0 spiro atoms. The van der Waals surface area contributed by atoms with Gasteiger partial charge in [-0.3, -0.25) is 0 Å². The summed E-state index contributed by atoms with van der Waals surface area (Å²) in [5, 5.41) is 4.71. The lowest BCUT2D eigenvalue weighted by Crippen LogP contribution is -2.35. The number of nitrogens with one attached hydrogen (secondary N) is 1. The van der Waals surface area contributed by atoms with E-state index in [1.54, 1.807) is 6.07 Å². The monoisotopic (exact) mass is 301 g/mol. The molecule has 4 heteroatoms. The van der Waals surface area contributed by atoms with E-state index in [4.69, 9.17) is 27.9 Å². The normalized spacial score (nSPS) is 23.5. The van der Waals surface area contributed by atoms with Gasteiger partial charge in [-0.15, -0.1) is 0 Å². The van der Waals surface area contributed by atoms with Crippen LogP contribution in [0.15, 0.2) is 18.2 Å². The summed E-state index contributed by atoms with van der Waals surface area (Å²) in [4.78, 5) is 0. The maximum absolute atomic E-state index is 6.15. The van der Waals surface area contributed by atoms with E-state index < -0.39 is 0 Å². The van der Waals surface area contributed by atoms with Crippen molar-refractivity contribution in [3.8, 4) is 0 Å². The highest BCUT2D eigenvalue weighted by Crippen LogP contribution is 2.28. The molecule has 1 fully saturated rings. The van der Waals surface area contributed by atoms with Crippen LogP contribution in [0.4, 0.5) is 0 Å². The number of hydrogen-bond acceptors (Lipinski definition) is 2. The van der Waals surface area contributed by atoms with Crippen LogP contribution in [0.25, 0.3) is 0 Å². The molecule has 0 heterocycles. The summed E-state index contributed by atoms with van der Waals surface area (Å²) in [6, 6.07) is 6.35. The minimum Gasteiger partial charge on any atom is -0.373 e. The molecule has 0 saturated heterocycles.